The van der Waals surface area contributed by atoms with Crippen molar-refractivity contribution in [3.8, 4) is 17.1 Å². The highest BCUT2D eigenvalue weighted by atomic mass is 16.5. The van der Waals surface area contributed by atoms with E-state index in [1.165, 1.54) is 6.33 Å². The van der Waals surface area contributed by atoms with Gasteiger partial charge in [0.05, 0.1) is 23.5 Å². The summed E-state index contributed by atoms with van der Waals surface area (Å²) in [6.07, 6.45) is 5.99. The van der Waals surface area contributed by atoms with Crippen LogP contribution in [0, 0.1) is 0 Å². The van der Waals surface area contributed by atoms with Crippen LogP contribution in [0.5, 0.6) is 0 Å². The summed E-state index contributed by atoms with van der Waals surface area (Å²) in [5, 5.41) is 8.41. The number of fused-ring (bicyclic) bond motifs is 1. The fourth-order valence-corrected chi connectivity index (χ4v) is 5.35. The molecule has 2 aliphatic rings. The summed E-state index contributed by atoms with van der Waals surface area (Å²) < 4.78 is 7.04. The van der Waals surface area contributed by atoms with Crippen LogP contribution in [0.1, 0.15) is 25.1 Å². The highest BCUT2D eigenvalue weighted by Crippen LogP contribution is 2.25. The van der Waals surface area contributed by atoms with Gasteiger partial charge in [0, 0.05) is 62.6 Å². The predicted octanol–water partition coefficient (Wildman–Crippen LogP) is 2.80. The van der Waals surface area contributed by atoms with E-state index in [0.29, 0.717) is 25.5 Å². The fourth-order valence-electron chi connectivity index (χ4n) is 5.35. The molecule has 1 aromatic carbocycles. The molecule has 0 radical (unpaired) electrons. The van der Waals surface area contributed by atoms with E-state index in [0.717, 1.165) is 47.8 Å². The molecule has 4 aromatic rings. The molecule has 1 saturated heterocycles. The molecule has 3 aromatic heterocycles. The van der Waals surface area contributed by atoms with Crippen molar-refractivity contribution in [1.29, 1.82) is 0 Å². The van der Waals surface area contributed by atoms with Gasteiger partial charge in [0.2, 0.25) is 5.91 Å². The Morgan fingerprint density at radius 3 is 2.57 bits per heavy atom. The number of nitrogens with zero attached hydrogens (tertiary/aromatic N) is 8. The van der Waals surface area contributed by atoms with Crippen LogP contribution in [0.15, 0.2) is 65.7 Å². The normalized spacial score (nSPS) is 20.2. The maximum Gasteiger partial charge on any atom is 0.259 e. The van der Waals surface area contributed by atoms with E-state index in [1.807, 2.05) is 52.0 Å². The first-order chi connectivity index (χ1) is 18.0. The lowest BCUT2D eigenvalue weighted by Crippen LogP contribution is -2.59. The van der Waals surface area contributed by atoms with Gasteiger partial charge in [0.15, 0.2) is 6.33 Å². The number of rotatable bonds is 5. The minimum Gasteiger partial charge on any atom is -0.354 e. The highest BCUT2D eigenvalue weighted by Gasteiger charge is 2.33. The number of amides is 1. The van der Waals surface area contributed by atoms with Crippen molar-refractivity contribution in [1.82, 2.24) is 34.7 Å². The molecular weight excluding hydrogens is 468 g/mol. The summed E-state index contributed by atoms with van der Waals surface area (Å²) in [7, 11) is 0. The second-order valence-corrected chi connectivity index (χ2v) is 9.87. The maximum atomic E-state index is 13.4. The third-order valence-electron chi connectivity index (χ3n) is 7.33. The van der Waals surface area contributed by atoms with Gasteiger partial charge in [0.25, 0.3) is 5.89 Å². The molecule has 0 spiro atoms. The van der Waals surface area contributed by atoms with Gasteiger partial charge in [-0.25, -0.2) is 9.67 Å². The molecule has 0 saturated carbocycles. The number of carbonyl (C=O) groups is 1. The van der Waals surface area contributed by atoms with Gasteiger partial charge in [-0.15, -0.1) is 0 Å². The monoisotopic (exact) mass is 498 g/mol. The van der Waals surface area contributed by atoms with Crippen LogP contribution in [0.3, 0.4) is 0 Å². The van der Waals surface area contributed by atoms with Gasteiger partial charge in [-0.3, -0.25) is 9.69 Å². The van der Waals surface area contributed by atoms with Crippen LogP contribution in [0.25, 0.3) is 17.1 Å². The molecule has 5 heterocycles. The average Bonchev–Trinajstić information content (AvgIpc) is 3.61. The van der Waals surface area contributed by atoms with Crippen molar-refractivity contribution in [3.63, 3.8) is 0 Å². The van der Waals surface area contributed by atoms with Crippen LogP contribution in [-0.2, 0) is 17.8 Å². The van der Waals surface area contributed by atoms with E-state index in [9.17, 15) is 4.79 Å². The lowest BCUT2D eigenvalue weighted by molar-refractivity contribution is -0.134. The number of carbonyl (C=O) groups excluding carboxylic acids is 1. The summed E-state index contributed by atoms with van der Waals surface area (Å²) >= 11 is 0. The lowest BCUT2D eigenvalue weighted by atomic mass is 10.1. The number of aromatic nitrogens is 5. The number of benzene rings is 1. The molecule has 0 aliphatic carbocycles. The Morgan fingerprint density at radius 1 is 1.05 bits per heavy atom. The molecule has 2 atom stereocenters. The van der Waals surface area contributed by atoms with Crippen molar-refractivity contribution >= 4 is 11.7 Å². The molecule has 2 unspecified atom stereocenters. The largest absolute Gasteiger partial charge is 0.354 e. The molecule has 10 heteroatoms. The van der Waals surface area contributed by atoms with E-state index in [1.54, 1.807) is 6.20 Å². The van der Waals surface area contributed by atoms with Crippen molar-refractivity contribution in [2.24, 2.45) is 0 Å². The number of hydrogen-bond donors (Lipinski definition) is 0. The van der Waals surface area contributed by atoms with Crippen molar-refractivity contribution < 1.29 is 9.32 Å². The Balaban J connectivity index is 1.08. The average molecular weight is 499 g/mol. The molecule has 37 heavy (non-hydrogen) atoms. The summed E-state index contributed by atoms with van der Waals surface area (Å²) in [4.78, 5) is 28.6. The Kier molecular flexibility index (Phi) is 6.17. The molecule has 1 fully saturated rings. The minimum atomic E-state index is 0.173. The van der Waals surface area contributed by atoms with Crippen molar-refractivity contribution in [2.45, 2.75) is 38.9 Å². The molecule has 2 aliphatic heterocycles. The summed E-state index contributed by atoms with van der Waals surface area (Å²) in [5.74, 6) is 1.54. The second-order valence-electron chi connectivity index (χ2n) is 9.87. The SMILES string of the molecule is CC1CN(c2ccc(-c3ncno3)cn2)CC(C)N1CC(=O)N1CCc2nn(-c3ccccc3)cc2C1. The molecular formula is C27H30N8O2. The van der Waals surface area contributed by atoms with Crippen LogP contribution in [0.2, 0.25) is 0 Å². The van der Waals surface area contributed by atoms with Gasteiger partial charge in [-0.2, -0.15) is 10.1 Å². The van der Waals surface area contributed by atoms with E-state index in [-0.39, 0.29) is 18.0 Å². The van der Waals surface area contributed by atoms with Gasteiger partial charge >= 0.3 is 0 Å². The first kappa shape index (κ1) is 23.4. The van der Waals surface area contributed by atoms with Crippen LogP contribution in [-0.4, -0.2) is 78.9 Å². The van der Waals surface area contributed by atoms with Crippen LogP contribution in [0.4, 0.5) is 5.82 Å². The fraction of sp³-hybridized carbons (Fsp3) is 0.370. The zero-order valence-corrected chi connectivity index (χ0v) is 21.1. The molecule has 0 bridgehead atoms. The zero-order valence-electron chi connectivity index (χ0n) is 21.1. The number of hydrogen-bond acceptors (Lipinski definition) is 8. The number of anilines is 1. The van der Waals surface area contributed by atoms with E-state index < -0.39 is 0 Å². The van der Waals surface area contributed by atoms with Crippen molar-refractivity contribution in [2.75, 3.05) is 31.1 Å². The molecule has 1 amide bonds. The smallest absolute Gasteiger partial charge is 0.259 e. The van der Waals surface area contributed by atoms with Crippen molar-refractivity contribution in [3.05, 3.63) is 72.4 Å². The van der Waals surface area contributed by atoms with Crippen LogP contribution < -0.4 is 4.90 Å². The van der Waals surface area contributed by atoms with Gasteiger partial charge < -0.3 is 14.3 Å². The summed E-state index contributed by atoms with van der Waals surface area (Å²) in [5.41, 5.74) is 4.05. The predicted molar refractivity (Wildman–Crippen MR) is 138 cm³/mol. The Bertz CT molecular complexity index is 1340. The molecule has 10 nitrogen and oxygen atoms in total. The van der Waals surface area contributed by atoms with Crippen LogP contribution >= 0.6 is 0 Å². The number of pyridine rings is 1. The minimum absolute atomic E-state index is 0.173. The topological polar surface area (TPSA) is 96.4 Å². The van der Waals surface area contributed by atoms with Gasteiger partial charge in [0.1, 0.15) is 5.82 Å². The number of piperazine rings is 1. The van der Waals surface area contributed by atoms with E-state index in [4.69, 9.17) is 9.62 Å². The molecule has 6 rings (SSSR count). The van der Waals surface area contributed by atoms with E-state index >= 15 is 0 Å². The second kappa shape index (κ2) is 9.78. The Morgan fingerprint density at radius 2 is 1.86 bits per heavy atom. The Labute approximate surface area is 215 Å². The van der Waals surface area contributed by atoms with Gasteiger partial charge in [-0.1, -0.05) is 23.4 Å². The first-order valence-electron chi connectivity index (χ1n) is 12.7. The zero-order chi connectivity index (χ0) is 25.4. The highest BCUT2D eigenvalue weighted by molar-refractivity contribution is 5.78. The third kappa shape index (κ3) is 4.72. The van der Waals surface area contributed by atoms with Gasteiger partial charge in [-0.05, 0) is 38.1 Å². The molecule has 0 N–H and O–H groups in total. The third-order valence-corrected chi connectivity index (χ3v) is 7.33. The summed E-state index contributed by atoms with van der Waals surface area (Å²) in [6.45, 7) is 7.71. The Hall–Kier alpha value is -4.05. The quantitative estimate of drug-likeness (QED) is 0.415. The van der Waals surface area contributed by atoms with E-state index in [2.05, 4.69) is 45.0 Å². The standard InChI is InChI=1S/C27H30N8O2/c1-19-13-33(25-9-8-21(12-28-25)27-29-18-30-37-27)14-20(2)34(19)17-26(36)32-11-10-24-22(15-32)16-35(31-24)23-6-4-3-5-7-23/h3-9,12,16,18-20H,10-11,13-15,17H2,1-2H3. The first-order valence-corrected chi connectivity index (χ1v) is 12.7. The maximum absolute atomic E-state index is 13.4. The number of para-hydroxylation sites is 1. The molecule has 190 valence electrons. The summed E-state index contributed by atoms with van der Waals surface area (Å²) in [6, 6.07) is 14.5. The lowest BCUT2D eigenvalue weighted by Gasteiger charge is -2.45.